The van der Waals surface area contributed by atoms with Crippen LogP contribution in [0.3, 0.4) is 0 Å². The van der Waals surface area contributed by atoms with Crippen LogP contribution in [0.25, 0.3) is 0 Å². The molecular formula is C49H41ClFeN2O+2. The Morgan fingerprint density at radius 2 is 0.852 bits per heavy atom. The zero-order valence-corrected chi connectivity index (χ0v) is 32.0. The maximum atomic E-state index is 11.5. The molecule has 0 N–H and O–H groups in total. The van der Waals surface area contributed by atoms with E-state index in [4.69, 9.17) is 0 Å². The smallest absolute Gasteiger partial charge is 1.00 e. The van der Waals surface area contributed by atoms with Crippen molar-refractivity contribution in [3.05, 3.63) is 253 Å². The molecule has 0 bridgehead atoms. The average Bonchev–Trinajstić information content (AvgIpc) is 4.00. The molecule has 5 aromatic carbocycles. The van der Waals surface area contributed by atoms with Crippen molar-refractivity contribution in [2.75, 3.05) is 13.1 Å². The number of amides is 1. The summed E-state index contributed by atoms with van der Waals surface area (Å²) in [6.07, 6.45) is 12.6. The van der Waals surface area contributed by atoms with E-state index in [1.807, 2.05) is 19.0 Å². The van der Waals surface area contributed by atoms with Crippen LogP contribution in [0.4, 0.5) is 0 Å². The van der Waals surface area contributed by atoms with Crippen LogP contribution in [0, 0.1) is 60.8 Å². The van der Waals surface area contributed by atoms with Gasteiger partial charge in [-0.3, -0.25) is 4.79 Å². The molecule has 5 aromatic rings. The van der Waals surface area contributed by atoms with Crippen LogP contribution >= 0.6 is 0 Å². The van der Waals surface area contributed by atoms with Crippen LogP contribution in [0.1, 0.15) is 47.6 Å². The number of hydrogen-bond donors (Lipinski definition) is 0. The molecule has 2 aliphatic carbocycles. The van der Waals surface area contributed by atoms with Crippen molar-refractivity contribution in [2.45, 2.75) is 19.8 Å². The minimum atomic E-state index is 0. The molecule has 10 radical (unpaired) electrons. The maximum Gasteiger partial charge on any atom is 2.00 e. The number of benzene rings is 5. The van der Waals surface area contributed by atoms with Gasteiger partial charge in [0, 0.05) is 61.6 Å². The van der Waals surface area contributed by atoms with Gasteiger partial charge in [-0.1, -0.05) is 152 Å². The fraction of sp³-hybridized carbons (Fsp3) is 0.102. The Hall–Kier alpha value is -4.21. The van der Waals surface area contributed by atoms with Crippen molar-refractivity contribution >= 4 is 11.6 Å². The van der Waals surface area contributed by atoms with E-state index in [0.29, 0.717) is 0 Å². The summed E-state index contributed by atoms with van der Waals surface area (Å²) < 4.78 is 2.41. The normalized spacial score (nSPS) is 18.5. The molecule has 4 aliphatic rings. The van der Waals surface area contributed by atoms with Gasteiger partial charge in [0.15, 0.2) is 5.71 Å². The van der Waals surface area contributed by atoms with Crippen LogP contribution in [-0.4, -0.2) is 34.2 Å². The fourth-order valence-electron chi connectivity index (χ4n) is 7.75. The van der Waals surface area contributed by atoms with Gasteiger partial charge in [-0.05, 0) is 47.1 Å². The van der Waals surface area contributed by atoms with Crippen LogP contribution < -0.4 is 12.4 Å². The molecule has 0 atom stereocenters. The second kappa shape index (κ2) is 18.4. The molecule has 266 valence electrons. The molecule has 0 spiro atoms. The first-order valence-electron chi connectivity index (χ1n) is 18.2. The SMILES string of the molecule is CC(=O)N1C=CC(=[N+]2CCCC2)[C]2[CH][CH][CH][C]21.[Cl-].[Fe+2].c1ccc([C]2[C](c3ccccc3)[C](c3ccccc3)[C](c3ccccc3)[C]2c2ccccc2)cc1. The molecule has 3 fully saturated rings. The van der Waals surface area contributed by atoms with Crippen LogP contribution in [0.5, 0.6) is 0 Å². The second-order valence-corrected chi connectivity index (χ2v) is 13.3. The first-order chi connectivity index (χ1) is 25.7. The van der Waals surface area contributed by atoms with E-state index >= 15 is 0 Å². The van der Waals surface area contributed by atoms with Gasteiger partial charge in [0.1, 0.15) is 19.0 Å². The Morgan fingerprint density at radius 3 is 1.17 bits per heavy atom. The largest absolute Gasteiger partial charge is 2.00 e. The van der Waals surface area contributed by atoms with Gasteiger partial charge in [-0.2, -0.15) is 0 Å². The molecule has 1 saturated heterocycles. The molecule has 54 heavy (non-hydrogen) atoms. The number of carbonyl (C=O) groups is 1. The van der Waals surface area contributed by atoms with Gasteiger partial charge in [0.2, 0.25) is 5.91 Å². The Labute approximate surface area is 339 Å². The summed E-state index contributed by atoms with van der Waals surface area (Å²) in [4.78, 5) is 13.3. The molecule has 0 unspecified atom stereocenters. The number of carbonyl (C=O) groups excluding carboxylic acids is 1. The predicted octanol–water partition coefficient (Wildman–Crippen LogP) is 6.46. The monoisotopic (exact) mass is 764 g/mol. The third kappa shape index (κ3) is 8.08. The number of hydrogen-bond acceptors (Lipinski definition) is 1. The average molecular weight is 765 g/mol. The third-order valence-electron chi connectivity index (χ3n) is 10.1. The summed E-state index contributed by atoms with van der Waals surface area (Å²) in [5, 5.41) is 0. The molecule has 2 heterocycles. The Bertz CT molecular complexity index is 1720. The van der Waals surface area contributed by atoms with E-state index < -0.39 is 0 Å². The summed E-state index contributed by atoms with van der Waals surface area (Å²) >= 11 is 0. The quantitative estimate of drug-likeness (QED) is 0.149. The molecule has 9 rings (SSSR count). The summed E-state index contributed by atoms with van der Waals surface area (Å²) in [5.41, 5.74) is 7.40. The Morgan fingerprint density at radius 1 is 0.519 bits per heavy atom. The number of halogens is 1. The zero-order valence-electron chi connectivity index (χ0n) is 30.2. The van der Waals surface area contributed by atoms with E-state index in [1.165, 1.54) is 81.9 Å². The van der Waals surface area contributed by atoms with Crippen LogP contribution in [0.15, 0.2) is 164 Å². The van der Waals surface area contributed by atoms with Gasteiger partial charge in [-0.25, -0.2) is 4.58 Å². The molecular weight excluding hydrogens is 724 g/mol. The summed E-state index contributed by atoms with van der Waals surface area (Å²) in [6, 6.07) is 55.2. The first kappa shape index (κ1) is 39.5. The minimum Gasteiger partial charge on any atom is -1.00 e. The van der Waals surface area contributed by atoms with E-state index in [-0.39, 0.29) is 35.4 Å². The van der Waals surface area contributed by atoms with Crippen LogP contribution in [-0.2, 0) is 21.9 Å². The Balaban J connectivity index is 0.000000221. The number of rotatable bonds is 5. The van der Waals surface area contributed by atoms with Gasteiger partial charge < -0.3 is 17.3 Å². The summed E-state index contributed by atoms with van der Waals surface area (Å²) in [6.45, 7) is 3.86. The number of nitrogens with zero attached hydrogens (tertiary/aromatic N) is 2. The van der Waals surface area contributed by atoms with Crippen molar-refractivity contribution in [1.82, 2.24) is 4.90 Å². The van der Waals surface area contributed by atoms with E-state index in [2.05, 4.69) is 169 Å². The van der Waals surface area contributed by atoms with Crippen molar-refractivity contribution in [3.8, 4) is 0 Å². The van der Waals surface area contributed by atoms with Gasteiger partial charge in [0.25, 0.3) is 0 Å². The third-order valence-corrected chi connectivity index (χ3v) is 10.1. The zero-order chi connectivity index (χ0) is 35.3. The fourth-order valence-corrected chi connectivity index (χ4v) is 7.75. The first-order valence-corrected chi connectivity index (χ1v) is 18.2. The number of allylic oxidation sites excluding steroid dienone is 1. The van der Waals surface area contributed by atoms with E-state index in [1.54, 1.807) is 11.8 Å². The van der Waals surface area contributed by atoms with Gasteiger partial charge in [0.05, 0.1) is 6.04 Å². The molecule has 5 heteroatoms. The predicted molar refractivity (Wildman–Crippen MR) is 209 cm³/mol. The Kier molecular flexibility index (Phi) is 13.5. The molecule has 2 saturated carbocycles. The maximum absolute atomic E-state index is 11.5. The van der Waals surface area contributed by atoms with Crippen molar-refractivity contribution in [1.29, 1.82) is 0 Å². The van der Waals surface area contributed by atoms with Crippen molar-refractivity contribution in [2.24, 2.45) is 0 Å². The summed E-state index contributed by atoms with van der Waals surface area (Å²) in [7, 11) is 0. The van der Waals surface area contributed by atoms with Gasteiger partial charge in [-0.15, -0.1) is 0 Å². The van der Waals surface area contributed by atoms with Crippen LogP contribution in [0.2, 0.25) is 0 Å². The molecule has 3 nitrogen and oxygen atoms in total. The molecule has 2 aliphatic heterocycles. The standard InChI is InChI=1S/C35H25.C14H16N2O.ClH.Fe/c1-6-16-26(17-7-1)31-32(27-18-8-2-9-19-27)34(29-22-12-4-13-23-29)35(30-24-14-5-15-25-30)33(31)28-20-10-3-11-21-28;1-11(17)16-10-7-13(15-8-2-3-9-15)12-5-4-6-14(12)16;;/h1-25H;4-7,10H,2-3,8-9H2,1H3;1H;/q;+1;;+2/p-1. The molecule has 1 amide bonds. The van der Waals surface area contributed by atoms with E-state index in [9.17, 15) is 4.79 Å². The summed E-state index contributed by atoms with van der Waals surface area (Å²) in [5.74, 6) is 7.64. The number of fused-ring (bicyclic) bond motifs is 1. The topological polar surface area (TPSA) is 23.3 Å². The van der Waals surface area contributed by atoms with E-state index in [0.717, 1.165) is 19.1 Å². The molecule has 0 aromatic heterocycles. The second-order valence-electron chi connectivity index (χ2n) is 13.3. The van der Waals surface area contributed by atoms with Crippen molar-refractivity contribution < 1.29 is 38.8 Å². The van der Waals surface area contributed by atoms with Gasteiger partial charge >= 0.3 is 17.1 Å². The van der Waals surface area contributed by atoms with Crippen molar-refractivity contribution in [3.63, 3.8) is 0 Å². The minimum absolute atomic E-state index is 0.